The van der Waals surface area contributed by atoms with Crippen LogP contribution in [0.25, 0.3) is 0 Å². The smallest absolute Gasteiger partial charge is 0.426 e. The summed E-state index contributed by atoms with van der Waals surface area (Å²) in [4.78, 5) is 37.2. The van der Waals surface area contributed by atoms with Gasteiger partial charge in [-0.3, -0.25) is 14.1 Å². The number of rotatable bonds is 6. The number of alkyl halides is 3. The van der Waals surface area contributed by atoms with E-state index in [9.17, 15) is 36.0 Å². The lowest BCUT2D eigenvalue weighted by Crippen LogP contribution is -2.39. The number of carbonyl (C=O) groups excluding carboxylic acids is 3. The van der Waals surface area contributed by atoms with Crippen molar-refractivity contribution in [2.24, 2.45) is 23.7 Å². The van der Waals surface area contributed by atoms with Gasteiger partial charge in [-0.25, -0.2) is 4.79 Å². The van der Waals surface area contributed by atoms with E-state index in [1.807, 2.05) is 0 Å². The first kappa shape index (κ1) is 23.5. The number of hydrogen-bond acceptors (Lipinski definition) is 8. The molecule has 3 aliphatic rings. The Bertz CT molecular complexity index is 1110. The zero-order valence-corrected chi connectivity index (χ0v) is 17.9. The van der Waals surface area contributed by atoms with Gasteiger partial charge < -0.3 is 14.2 Å². The third kappa shape index (κ3) is 4.56. The maximum Gasteiger partial charge on any atom is 0.426 e. The van der Waals surface area contributed by atoms with Gasteiger partial charge in [0.1, 0.15) is 17.6 Å². The van der Waals surface area contributed by atoms with Crippen molar-refractivity contribution < 1.29 is 54.7 Å². The Hall–Kier alpha value is -2.67. The maximum atomic E-state index is 13.0. The Labute approximate surface area is 185 Å². The van der Waals surface area contributed by atoms with Gasteiger partial charge in [-0.15, -0.1) is 0 Å². The number of ether oxygens (including phenoxy) is 3. The predicted molar refractivity (Wildman–Crippen MR) is 102 cm³/mol. The van der Waals surface area contributed by atoms with Crippen LogP contribution in [0.2, 0.25) is 0 Å². The van der Waals surface area contributed by atoms with Crippen molar-refractivity contribution in [1.82, 2.24) is 0 Å². The largest absolute Gasteiger partial charge is 0.462 e. The molecular weight excluding hydrogens is 473 g/mol. The van der Waals surface area contributed by atoms with E-state index in [4.69, 9.17) is 14.0 Å². The van der Waals surface area contributed by atoms with Gasteiger partial charge in [0.2, 0.25) is 6.10 Å². The predicted octanol–water partition coefficient (Wildman–Crippen LogP) is 2.07. The Kier molecular flexibility index (Phi) is 5.68. The number of hydrogen-bond donors (Lipinski definition) is 1. The molecule has 0 aromatic heterocycles. The topological polar surface area (TPSA) is 133 Å². The molecule has 1 N–H and O–H groups in total. The van der Waals surface area contributed by atoms with E-state index in [0.29, 0.717) is 18.4 Å². The van der Waals surface area contributed by atoms with Gasteiger partial charge in [0.15, 0.2) is 0 Å². The number of fused-ring (bicyclic) bond motifs is 1. The van der Waals surface area contributed by atoms with Crippen molar-refractivity contribution in [2.75, 3.05) is 5.75 Å². The second kappa shape index (κ2) is 7.97. The van der Waals surface area contributed by atoms with Crippen LogP contribution in [0.4, 0.5) is 13.2 Å². The number of halogens is 3. The fraction of sp³-hybridized carbons (Fsp3) is 0.550. The SMILES string of the molecule is Cc1ccc(C(=O)OC(CS(=O)(=O)O)C(F)(F)F)cc1OC(=O)C1C2CC3OC(=O)C1C3C2. The molecule has 4 rings (SSSR count). The van der Waals surface area contributed by atoms with Crippen LogP contribution in [0.1, 0.15) is 28.8 Å². The van der Waals surface area contributed by atoms with Gasteiger partial charge in [-0.05, 0) is 43.4 Å². The summed E-state index contributed by atoms with van der Waals surface area (Å²) in [7, 11) is -5.09. The molecule has 33 heavy (non-hydrogen) atoms. The minimum Gasteiger partial charge on any atom is -0.462 e. The van der Waals surface area contributed by atoms with Crippen LogP contribution in [0.15, 0.2) is 18.2 Å². The van der Waals surface area contributed by atoms with E-state index >= 15 is 0 Å². The van der Waals surface area contributed by atoms with E-state index in [-0.39, 0.29) is 23.7 Å². The summed E-state index contributed by atoms with van der Waals surface area (Å²) in [6.07, 6.45) is -7.30. The van der Waals surface area contributed by atoms with Gasteiger partial charge in [0, 0.05) is 5.92 Å². The van der Waals surface area contributed by atoms with Crippen molar-refractivity contribution in [3.63, 3.8) is 0 Å². The van der Waals surface area contributed by atoms with Crippen molar-refractivity contribution in [3.8, 4) is 5.75 Å². The molecule has 2 bridgehead atoms. The van der Waals surface area contributed by atoms with Crippen LogP contribution in [0.5, 0.6) is 5.75 Å². The third-order valence-electron chi connectivity index (χ3n) is 6.37. The highest BCUT2D eigenvalue weighted by Gasteiger charge is 2.64. The molecule has 2 saturated carbocycles. The Morgan fingerprint density at radius 1 is 1.27 bits per heavy atom. The van der Waals surface area contributed by atoms with Crippen LogP contribution < -0.4 is 4.74 Å². The first-order valence-corrected chi connectivity index (χ1v) is 11.6. The molecule has 1 aromatic rings. The number of aryl methyl sites for hydroxylation is 1. The van der Waals surface area contributed by atoms with Crippen LogP contribution in [-0.2, 0) is 29.2 Å². The minimum absolute atomic E-state index is 0.0374. The van der Waals surface area contributed by atoms with Gasteiger partial charge in [0.05, 0.1) is 17.4 Å². The summed E-state index contributed by atoms with van der Waals surface area (Å²) >= 11 is 0. The Balaban J connectivity index is 1.50. The van der Waals surface area contributed by atoms with Crippen LogP contribution in [0.3, 0.4) is 0 Å². The zero-order valence-electron chi connectivity index (χ0n) is 17.1. The number of benzene rings is 1. The maximum absolute atomic E-state index is 13.0. The lowest BCUT2D eigenvalue weighted by Gasteiger charge is -2.23. The molecule has 6 unspecified atom stereocenters. The zero-order chi connectivity index (χ0) is 24.3. The average molecular weight is 492 g/mol. The molecule has 0 spiro atoms. The van der Waals surface area contributed by atoms with Gasteiger partial charge in [-0.2, -0.15) is 21.6 Å². The molecule has 0 amide bonds. The van der Waals surface area contributed by atoms with E-state index in [1.165, 1.54) is 13.0 Å². The molecule has 13 heteroatoms. The second-order valence-corrected chi connectivity index (χ2v) is 10.0. The third-order valence-corrected chi connectivity index (χ3v) is 7.09. The summed E-state index contributed by atoms with van der Waals surface area (Å²) < 4.78 is 84.5. The highest BCUT2D eigenvalue weighted by molar-refractivity contribution is 7.85. The lowest BCUT2D eigenvalue weighted by molar-refractivity contribution is -0.197. The summed E-state index contributed by atoms with van der Waals surface area (Å²) in [5.74, 6) is -6.06. The normalized spacial score (nSPS) is 29.0. The fourth-order valence-electron chi connectivity index (χ4n) is 4.92. The summed E-state index contributed by atoms with van der Waals surface area (Å²) in [5.41, 5.74) is -0.0403. The van der Waals surface area contributed by atoms with Crippen molar-refractivity contribution in [3.05, 3.63) is 29.3 Å². The molecule has 1 heterocycles. The number of esters is 3. The van der Waals surface area contributed by atoms with Gasteiger partial charge in [-0.1, -0.05) is 6.07 Å². The average Bonchev–Trinajstić information content (AvgIpc) is 3.29. The standard InChI is InChI=1S/C20H19F3O9S/c1-8-2-3-9(17(24)32-14(20(21,22)23)7-33(27,28)29)5-12(8)30-18(25)15-10-4-11-13(6-10)31-19(26)16(11)15/h2-3,5,10-11,13-16H,4,6-7H2,1H3,(H,27,28,29). The van der Waals surface area contributed by atoms with Crippen molar-refractivity contribution in [2.45, 2.75) is 38.1 Å². The molecule has 9 nitrogen and oxygen atoms in total. The monoisotopic (exact) mass is 492 g/mol. The van der Waals surface area contributed by atoms with Crippen molar-refractivity contribution >= 4 is 28.0 Å². The van der Waals surface area contributed by atoms with E-state index in [0.717, 1.165) is 12.1 Å². The van der Waals surface area contributed by atoms with Gasteiger partial charge in [0.25, 0.3) is 10.1 Å². The van der Waals surface area contributed by atoms with E-state index in [2.05, 4.69) is 4.74 Å². The molecule has 0 radical (unpaired) electrons. The fourth-order valence-corrected chi connectivity index (χ4v) is 5.56. The lowest BCUT2D eigenvalue weighted by atomic mass is 9.80. The molecule has 6 atom stereocenters. The molecule has 2 aliphatic carbocycles. The molecule has 1 saturated heterocycles. The first-order valence-electron chi connectivity index (χ1n) is 10.0. The summed E-state index contributed by atoms with van der Waals surface area (Å²) in [5, 5.41) is 0. The Morgan fingerprint density at radius 2 is 1.97 bits per heavy atom. The quantitative estimate of drug-likeness (QED) is 0.360. The minimum atomic E-state index is -5.25. The van der Waals surface area contributed by atoms with Crippen LogP contribution in [-0.4, -0.2) is 55.0 Å². The van der Waals surface area contributed by atoms with Crippen LogP contribution >= 0.6 is 0 Å². The number of carbonyl (C=O) groups is 3. The molecule has 1 aliphatic heterocycles. The Morgan fingerprint density at radius 3 is 2.61 bits per heavy atom. The van der Waals surface area contributed by atoms with E-state index in [1.54, 1.807) is 0 Å². The van der Waals surface area contributed by atoms with Crippen molar-refractivity contribution in [1.29, 1.82) is 0 Å². The second-order valence-electron chi connectivity index (χ2n) is 8.51. The summed E-state index contributed by atoms with van der Waals surface area (Å²) in [6.45, 7) is 1.54. The van der Waals surface area contributed by atoms with E-state index < -0.39 is 63.5 Å². The highest BCUT2D eigenvalue weighted by atomic mass is 32.2. The highest BCUT2D eigenvalue weighted by Crippen LogP contribution is 2.58. The molecular formula is C20H19F3O9S. The molecule has 3 fully saturated rings. The molecule has 1 aromatic carbocycles. The van der Waals surface area contributed by atoms with Crippen LogP contribution in [0, 0.1) is 30.6 Å². The molecule has 180 valence electrons. The first-order chi connectivity index (χ1) is 15.2. The van der Waals surface area contributed by atoms with Gasteiger partial charge >= 0.3 is 24.1 Å². The summed E-state index contributed by atoms with van der Waals surface area (Å²) in [6, 6.07) is 3.43.